The van der Waals surface area contributed by atoms with Gasteiger partial charge in [0.05, 0.1) is 6.54 Å². The maximum absolute atomic E-state index is 11.6. The van der Waals surface area contributed by atoms with E-state index >= 15 is 0 Å². The van der Waals surface area contributed by atoms with Crippen molar-refractivity contribution < 1.29 is 9.53 Å². The van der Waals surface area contributed by atoms with E-state index in [1.165, 1.54) is 0 Å². The number of likely N-dealkylation sites (N-methyl/N-ethyl adjacent to an activating group) is 1. The van der Waals surface area contributed by atoms with Crippen molar-refractivity contribution in [1.82, 2.24) is 5.32 Å². The number of amides is 1. The molecule has 2 N–H and O–H groups in total. The summed E-state index contributed by atoms with van der Waals surface area (Å²) in [5.74, 6) is 1.49. The molecule has 2 rings (SSSR count). The Kier molecular flexibility index (Phi) is 5.35. The van der Waals surface area contributed by atoms with Gasteiger partial charge in [-0.3, -0.25) is 4.79 Å². The first-order valence-electron chi connectivity index (χ1n) is 7.02. The fourth-order valence-corrected chi connectivity index (χ4v) is 1.86. The molecule has 2 aromatic carbocycles. The molecule has 21 heavy (non-hydrogen) atoms. The van der Waals surface area contributed by atoms with E-state index in [2.05, 4.69) is 10.6 Å². The lowest BCUT2D eigenvalue weighted by Gasteiger charge is -2.08. The highest BCUT2D eigenvalue weighted by molar-refractivity contribution is 5.92. The Morgan fingerprint density at radius 3 is 2.52 bits per heavy atom. The molecule has 4 nitrogen and oxygen atoms in total. The molecule has 0 aromatic heterocycles. The van der Waals surface area contributed by atoms with E-state index in [0.717, 1.165) is 29.3 Å². The standard InChI is InChI=1S/C17H20N2O2/c1-3-18-12-17(20)19-14-7-9-15(10-8-14)21-16-6-4-5-13(2)11-16/h4-11,18H,3,12H2,1-2H3,(H,19,20). The van der Waals surface area contributed by atoms with Gasteiger partial charge < -0.3 is 15.4 Å². The lowest BCUT2D eigenvalue weighted by Crippen LogP contribution is -2.27. The Bertz CT molecular complexity index is 594. The first-order valence-corrected chi connectivity index (χ1v) is 7.02. The number of carbonyl (C=O) groups is 1. The fraction of sp³-hybridized carbons (Fsp3) is 0.235. The zero-order chi connectivity index (χ0) is 15.1. The van der Waals surface area contributed by atoms with Crippen LogP contribution in [-0.4, -0.2) is 19.0 Å². The third-order valence-corrected chi connectivity index (χ3v) is 2.90. The van der Waals surface area contributed by atoms with Gasteiger partial charge in [-0.05, 0) is 55.4 Å². The van der Waals surface area contributed by atoms with E-state index in [0.29, 0.717) is 6.54 Å². The van der Waals surface area contributed by atoms with Crippen molar-refractivity contribution in [3.63, 3.8) is 0 Å². The van der Waals surface area contributed by atoms with Crippen molar-refractivity contribution in [2.75, 3.05) is 18.4 Å². The van der Waals surface area contributed by atoms with E-state index < -0.39 is 0 Å². The highest BCUT2D eigenvalue weighted by Gasteiger charge is 2.02. The summed E-state index contributed by atoms with van der Waals surface area (Å²) in [7, 11) is 0. The van der Waals surface area contributed by atoms with Gasteiger partial charge in [0.25, 0.3) is 0 Å². The Hall–Kier alpha value is -2.33. The number of benzene rings is 2. The minimum atomic E-state index is -0.0517. The van der Waals surface area contributed by atoms with Crippen molar-refractivity contribution in [3.8, 4) is 11.5 Å². The maximum Gasteiger partial charge on any atom is 0.238 e. The third kappa shape index (κ3) is 4.93. The minimum absolute atomic E-state index is 0.0517. The van der Waals surface area contributed by atoms with Crippen molar-refractivity contribution >= 4 is 11.6 Å². The summed E-state index contributed by atoms with van der Waals surface area (Å²) < 4.78 is 5.76. The van der Waals surface area contributed by atoms with Gasteiger partial charge in [-0.1, -0.05) is 19.1 Å². The van der Waals surface area contributed by atoms with Crippen LogP contribution in [0.1, 0.15) is 12.5 Å². The zero-order valence-corrected chi connectivity index (χ0v) is 12.3. The number of rotatable bonds is 6. The molecular weight excluding hydrogens is 264 g/mol. The monoisotopic (exact) mass is 284 g/mol. The average molecular weight is 284 g/mol. The molecule has 0 aliphatic rings. The molecule has 4 heteroatoms. The molecule has 0 aliphatic carbocycles. The topological polar surface area (TPSA) is 50.4 Å². The van der Waals surface area contributed by atoms with Gasteiger partial charge in [-0.2, -0.15) is 0 Å². The Morgan fingerprint density at radius 2 is 1.86 bits per heavy atom. The molecule has 0 fully saturated rings. The van der Waals surface area contributed by atoms with Crippen molar-refractivity contribution in [2.45, 2.75) is 13.8 Å². The SMILES string of the molecule is CCNCC(=O)Nc1ccc(Oc2cccc(C)c2)cc1. The van der Waals surface area contributed by atoms with E-state index in [1.807, 2.05) is 62.4 Å². The number of aryl methyl sites for hydroxylation is 1. The molecule has 0 saturated carbocycles. The van der Waals surface area contributed by atoms with Gasteiger partial charge >= 0.3 is 0 Å². The molecule has 1 amide bonds. The van der Waals surface area contributed by atoms with Crippen molar-refractivity contribution in [3.05, 3.63) is 54.1 Å². The molecule has 0 heterocycles. The third-order valence-electron chi connectivity index (χ3n) is 2.90. The molecule has 0 bridgehead atoms. The van der Waals surface area contributed by atoms with Crippen LogP contribution in [0.2, 0.25) is 0 Å². The summed E-state index contributed by atoms with van der Waals surface area (Å²) >= 11 is 0. The number of anilines is 1. The summed E-state index contributed by atoms with van der Waals surface area (Å²) in [6.45, 7) is 5.08. The van der Waals surface area contributed by atoms with E-state index in [9.17, 15) is 4.79 Å². The van der Waals surface area contributed by atoms with E-state index in [-0.39, 0.29) is 5.91 Å². The normalized spacial score (nSPS) is 10.2. The molecule has 110 valence electrons. The minimum Gasteiger partial charge on any atom is -0.457 e. The average Bonchev–Trinajstić information content (AvgIpc) is 2.47. The van der Waals surface area contributed by atoms with Crippen LogP contribution in [0, 0.1) is 6.92 Å². The van der Waals surface area contributed by atoms with Crippen LogP contribution in [-0.2, 0) is 4.79 Å². The number of carbonyl (C=O) groups excluding carboxylic acids is 1. The van der Waals surface area contributed by atoms with Crippen LogP contribution in [0.25, 0.3) is 0 Å². The molecule has 0 spiro atoms. The lowest BCUT2D eigenvalue weighted by atomic mass is 10.2. The largest absolute Gasteiger partial charge is 0.457 e. The molecule has 2 aromatic rings. The second-order valence-electron chi connectivity index (χ2n) is 4.77. The Balaban J connectivity index is 1.94. The van der Waals surface area contributed by atoms with Crippen LogP contribution in [0.4, 0.5) is 5.69 Å². The van der Waals surface area contributed by atoms with Crippen molar-refractivity contribution in [1.29, 1.82) is 0 Å². The molecular formula is C17H20N2O2. The van der Waals surface area contributed by atoms with Gasteiger partial charge in [0.2, 0.25) is 5.91 Å². The molecule has 0 aliphatic heterocycles. The highest BCUT2D eigenvalue weighted by atomic mass is 16.5. The number of hydrogen-bond donors (Lipinski definition) is 2. The maximum atomic E-state index is 11.6. The van der Waals surface area contributed by atoms with Gasteiger partial charge in [-0.15, -0.1) is 0 Å². The summed E-state index contributed by atoms with van der Waals surface area (Å²) in [5.41, 5.74) is 1.91. The number of hydrogen-bond acceptors (Lipinski definition) is 3. The van der Waals surface area contributed by atoms with Gasteiger partial charge in [0, 0.05) is 5.69 Å². The van der Waals surface area contributed by atoms with E-state index in [4.69, 9.17) is 4.74 Å². The second kappa shape index (κ2) is 7.45. The molecule has 0 saturated heterocycles. The quantitative estimate of drug-likeness (QED) is 0.855. The number of nitrogens with one attached hydrogen (secondary N) is 2. The Morgan fingerprint density at radius 1 is 1.10 bits per heavy atom. The van der Waals surface area contributed by atoms with Crippen LogP contribution in [0.5, 0.6) is 11.5 Å². The van der Waals surface area contributed by atoms with Crippen LogP contribution >= 0.6 is 0 Å². The number of ether oxygens (including phenoxy) is 1. The first kappa shape index (κ1) is 15.1. The van der Waals surface area contributed by atoms with Gasteiger partial charge in [0.15, 0.2) is 0 Å². The highest BCUT2D eigenvalue weighted by Crippen LogP contribution is 2.23. The predicted molar refractivity (Wildman–Crippen MR) is 84.9 cm³/mol. The first-order chi connectivity index (χ1) is 10.2. The fourth-order valence-electron chi connectivity index (χ4n) is 1.86. The summed E-state index contributed by atoms with van der Waals surface area (Å²) in [5, 5.41) is 5.80. The molecule has 0 unspecified atom stereocenters. The zero-order valence-electron chi connectivity index (χ0n) is 12.3. The second-order valence-corrected chi connectivity index (χ2v) is 4.77. The predicted octanol–water partition coefficient (Wildman–Crippen LogP) is 3.34. The van der Waals surface area contributed by atoms with Crippen LogP contribution < -0.4 is 15.4 Å². The summed E-state index contributed by atoms with van der Waals surface area (Å²) in [6.07, 6.45) is 0. The molecule has 0 atom stereocenters. The Labute approximate surface area is 125 Å². The summed E-state index contributed by atoms with van der Waals surface area (Å²) in [4.78, 5) is 11.6. The van der Waals surface area contributed by atoms with Crippen molar-refractivity contribution in [2.24, 2.45) is 0 Å². The lowest BCUT2D eigenvalue weighted by molar-refractivity contribution is -0.115. The van der Waals surface area contributed by atoms with Gasteiger partial charge in [0.1, 0.15) is 11.5 Å². The smallest absolute Gasteiger partial charge is 0.238 e. The van der Waals surface area contributed by atoms with Gasteiger partial charge in [-0.25, -0.2) is 0 Å². The van der Waals surface area contributed by atoms with Crippen LogP contribution in [0.3, 0.4) is 0 Å². The molecule has 0 radical (unpaired) electrons. The van der Waals surface area contributed by atoms with Crippen LogP contribution in [0.15, 0.2) is 48.5 Å². The van der Waals surface area contributed by atoms with E-state index in [1.54, 1.807) is 0 Å². The summed E-state index contributed by atoms with van der Waals surface area (Å²) in [6, 6.07) is 15.2.